The largest absolute Gasteiger partial charge is 0.480 e. The molecule has 52 heavy (non-hydrogen) atoms. The minimum absolute atomic E-state index is 0.0101. The van der Waals surface area contributed by atoms with Crippen molar-refractivity contribution in [2.45, 2.75) is 110 Å². The number of carbonyl (C=O) groups excluding carboxylic acids is 3. The Morgan fingerprint density at radius 1 is 0.962 bits per heavy atom. The van der Waals surface area contributed by atoms with E-state index in [9.17, 15) is 24.3 Å². The number of nitrogens with zero attached hydrogens (tertiary/aromatic N) is 5. The van der Waals surface area contributed by atoms with E-state index in [2.05, 4.69) is 19.2 Å². The summed E-state index contributed by atoms with van der Waals surface area (Å²) in [5.41, 5.74) is 0.800. The summed E-state index contributed by atoms with van der Waals surface area (Å²) in [6, 6.07) is 6.61. The summed E-state index contributed by atoms with van der Waals surface area (Å²) >= 11 is 0. The second kappa shape index (κ2) is 20.5. The zero-order valence-electron chi connectivity index (χ0n) is 33.8. The van der Waals surface area contributed by atoms with Crippen molar-refractivity contribution in [3.63, 3.8) is 0 Å². The Morgan fingerprint density at radius 3 is 2.04 bits per heavy atom. The molecule has 1 saturated heterocycles. The molecule has 1 aromatic rings. The van der Waals surface area contributed by atoms with E-state index >= 15 is 0 Å². The van der Waals surface area contributed by atoms with Gasteiger partial charge in [0.25, 0.3) is 0 Å². The van der Waals surface area contributed by atoms with Crippen LogP contribution in [0.5, 0.6) is 0 Å². The van der Waals surface area contributed by atoms with Crippen LogP contribution in [0, 0.1) is 17.8 Å². The number of benzene rings is 1. The summed E-state index contributed by atoms with van der Waals surface area (Å²) in [6.07, 6.45) is 0.876. The Labute approximate surface area is 312 Å². The van der Waals surface area contributed by atoms with Gasteiger partial charge in [0.1, 0.15) is 12.1 Å². The van der Waals surface area contributed by atoms with Crippen LogP contribution in [0.4, 0.5) is 0 Å². The molecular weight excluding hydrogens is 664 g/mol. The van der Waals surface area contributed by atoms with Gasteiger partial charge in [0.15, 0.2) is 5.96 Å². The number of carbonyl (C=O) groups is 4. The van der Waals surface area contributed by atoms with Gasteiger partial charge in [0, 0.05) is 61.9 Å². The number of likely N-dealkylation sites (tertiary alicyclic amines) is 1. The van der Waals surface area contributed by atoms with Crippen molar-refractivity contribution < 1.29 is 33.8 Å². The average molecular weight is 731 g/mol. The van der Waals surface area contributed by atoms with Gasteiger partial charge in [0.05, 0.1) is 36.6 Å². The Morgan fingerprint density at radius 2 is 1.56 bits per heavy atom. The van der Waals surface area contributed by atoms with Crippen LogP contribution in [0.15, 0.2) is 35.3 Å². The van der Waals surface area contributed by atoms with E-state index in [1.165, 1.54) is 7.11 Å². The molecular formula is C39H66N6O7. The summed E-state index contributed by atoms with van der Waals surface area (Å²) in [6.45, 7) is 12.0. The lowest BCUT2D eigenvalue weighted by Crippen LogP contribution is -2.55. The highest BCUT2D eigenvalue weighted by Crippen LogP contribution is 2.30. The van der Waals surface area contributed by atoms with E-state index in [-0.39, 0.29) is 30.1 Å². The highest BCUT2D eigenvalue weighted by atomic mass is 16.5. The molecule has 1 aliphatic rings. The SMILES string of the molecule is CC[C@H](C)[C@@H]([C@@H](CC(=O)N1CCC[C@H]1[C@H](OC)[C@@H](C)C(=O)NC(C(=O)O)C(C)c1ccccc1)OC)N(C)C(=O)[C@@H](N=C(N(C)C)N(C)C)C(C)C. The first kappa shape index (κ1) is 44.5. The second-order valence-electron chi connectivity index (χ2n) is 15.0. The Balaban J connectivity index is 2.32. The monoisotopic (exact) mass is 730 g/mol. The van der Waals surface area contributed by atoms with Gasteiger partial charge < -0.3 is 39.5 Å². The molecule has 2 N–H and O–H groups in total. The zero-order valence-corrected chi connectivity index (χ0v) is 33.8. The van der Waals surface area contributed by atoms with E-state index in [0.29, 0.717) is 18.9 Å². The summed E-state index contributed by atoms with van der Waals surface area (Å²) in [4.78, 5) is 66.4. The number of ether oxygens (including phenoxy) is 2. The van der Waals surface area contributed by atoms with Gasteiger partial charge in [-0.15, -0.1) is 0 Å². The fourth-order valence-corrected chi connectivity index (χ4v) is 7.39. The van der Waals surface area contributed by atoms with Gasteiger partial charge in [-0.05, 0) is 30.2 Å². The minimum atomic E-state index is -1.14. The number of amides is 3. The third-order valence-corrected chi connectivity index (χ3v) is 10.6. The summed E-state index contributed by atoms with van der Waals surface area (Å²) < 4.78 is 11.9. The Bertz CT molecular complexity index is 1330. The minimum Gasteiger partial charge on any atom is -0.480 e. The predicted octanol–water partition coefficient (Wildman–Crippen LogP) is 3.78. The maximum absolute atomic E-state index is 14.2. The average Bonchev–Trinajstić information content (AvgIpc) is 3.59. The van der Waals surface area contributed by atoms with E-state index in [4.69, 9.17) is 14.5 Å². The van der Waals surface area contributed by atoms with E-state index in [1.807, 2.05) is 82.2 Å². The van der Waals surface area contributed by atoms with Crippen LogP contribution >= 0.6 is 0 Å². The van der Waals surface area contributed by atoms with Gasteiger partial charge in [-0.3, -0.25) is 14.4 Å². The normalized spacial score (nSPS) is 19.0. The quantitative estimate of drug-likeness (QED) is 0.170. The first-order valence-electron chi connectivity index (χ1n) is 18.5. The molecule has 0 spiro atoms. The molecule has 0 aromatic heterocycles. The number of aliphatic carboxylic acids is 1. The second-order valence-corrected chi connectivity index (χ2v) is 15.0. The van der Waals surface area contributed by atoms with Crippen molar-refractivity contribution >= 4 is 29.7 Å². The Kier molecular flexibility index (Phi) is 17.5. The first-order chi connectivity index (χ1) is 24.4. The number of guanidine groups is 1. The van der Waals surface area contributed by atoms with Crippen molar-refractivity contribution in [1.82, 2.24) is 24.9 Å². The molecule has 2 unspecified atom stereocenters. The fourth-order valence-electron chi connectivity index (χ4n) is 7.39. The van der Waals surface area contributed by atoms with Crippen LogP contribution < -0.4 is 5.32 Å². The Hall–Kier alpha value is -3.71. The van der Waals surface area contributed by atoms with Gasteiger partial charge in [-0.25, -0.2) is 9.79 Å². The number of likely N-dealkylation sites (N-methyl/N-ethyl adjacent to an activating group) is 1. The first-order valence-corrected chi connectivity index (χ1v) is 18.5. The van der Waals surface area contributed by atoms with Crippen LogP contribution in [0.25, 0.3) is 0 Å². The van der Waals surface area contributed by atoms with Crippen LogP contribution in [0.2, 0.25) is 0 Å². The van der Waals surface area contributed by atoms with Crippen molar-refractivity contribution in [3.05, 3.63) is 35.9 Å². The molecule has 1 aromatic carbocycles. The number of methoxy groups -OCH3 is 2. The highest BCUT2D eigenvalue weighted by Gasteiger charge is 2.43. The van der Waals surface area contributed by atoms with Gasteiger partial charge in [0.2, 0.25) is 17.7 Å². The molecule has 1 fully saturated rings. The molecule has 2 rings (SSSR count). The van der Waals surface area contributed by atoms with Crippen LogP contribution in [-0.4, -0.2) is 147 Å². The molecule has 9 atom stereocenters. The number of carboxylic acids is 1. The standard InChI is InChI=1S/C39H66N6O7/c1-14-25(4)34(44(11)37(48)32(24(2)3)41-39(42(7)8)43(9)10)30(51-12)23-31(46)45-22-18-21-29(45)35(52-13)27(6)36(47)40-33(38(49)50)26(5)28-19-16-15-17-20-28/h15-17,19-20,24-27,29-30,32-35H,14,18,21-23H2,1-13H3,(H,40,47)(H,49,50)/t25-,26?,27+,29-,30+,32-,33?,34-,35+/m0/s1. The zero-order chi connectivity index (χ0) is 39.4. The number of carboxylic acid groups (broad SMARTS) is 1. The summed E-state index contributed by atoms with van der Waals surface area (Å²) in [5.74, 6) is -2.48. The third-order valence-electron chi connectivity index (χ3n) is 10.6. The van der Waals surface area contributed by atoms with Gasteiger partial charge in [-0.1, -0.05) is 78.3 Å². The lowest BCUT2D eigenvalue weighted by molar-refractivity contribution is -0.147. The van der Waals surface area contributed by atoms with Gasteiger partial charge >= 0.3 is 5.97 Å². The number of aliphatic imine (C=N–C) groups is 1. The van der Waals surface area contributed by atoms with Crippen LogP contribution in [0.3, 0.4) is 0 Å². The molecule has 1 heterocycles. The maximum Gasteiger partial charge on any atom is 0.326 e. The number of hydrogen-bond acceptors (Lipinski definition) is 7. The molecule has 13 nitrogen and oxygen atoms in total. The van der Waals surface area contributed by atoms with Gasteiger partial charge in [-0.2, -0.15) is 0 Å². The highest BCUT2D eigenvalue weighted by molar-refractivity contribution is 5.88. The molecule has 0 saturated carbocycles. The summed E-state index contributed by atoms with van der Waals surface area (Å²) in [5, 5.41) is 12.8. The van der Waals surface area contributed by atoms with Crippen molar-refractivity contribution in [3.8, 4) is 0 Å². The third kappa shape index (κ3) is 11.1. The molecule has 0 bridgehead atoms. The van der Waals surface area contributed by atoms with Crippen molar-refractivity contribution in [1.29, 1.82) is 0 Å². The smallest absolute Gasteiger partial charge is 0.326 e. The van der Waals surface area contributed by atoms with E-state index in [0.717, 1.165) is 18.4 Å². The lowest BCUT2D eigenvalue weighted by atomic mass is 9.89. The van der Waals surface area contributed by atoms with Crippen molar-refractivity contribution in [2.24, 2.45) is 22.7 Å². The van der Waals surface area contributed by atoms with Crippen LogP contribution in [0.1, 0.15) is 78.7 Å². The number of rotatable bonds is 18. The van der Waals surface area contributed by atoms with E-state index < -0.39 is 60.1 Å². The maximum atomic E-state index is 14.2. The predicted molar refractivity (Wildman–Crippen MR) is 204 cm³/mol. The topological polar surface area (TPSA) is 144 Å². The molecule has 1 aliphatic heterocycles. The van der Waals surface area contributed by atoms with Crippen molar-refractivity contribution in [2.75, 3.05) is 56.0 Å². The number of nitrogens with one attached hydrogen (secondary N) is 1. The lowest BCUT2D eigenvalue weighted by Gasteiger charge is -2.40. The molecule has 294 valence electrons. The fraction of sp³-hybridized carbons (Fsp3) is 0.718. The molecule has 13 heteroatoms. The summed E-state index contributed by atoms with van der Waals surface area (Å²) in [7, 11) is 12.4. The molecule has 0 radical (unpaired) electrons. The number of hydrogen-bond donors (Lipinski definition) is 2. The van der Waals surface area contributed by atoms with Crippen LogP contribution in [-0.2, 0) is 28.7 Å². The molecule has 3 amide bonds. The molecule has 0 aliphatic carbocycles. The van der Waals surface area contributed by atoms with E-state index in [1.54, 1.807) is 37.8 Å².